The van der Waals surface area contributed by atoms with Crippen molar-refractivity contribution in [3.05, 3.63) is 53.3 Å². The quantitative estimate of drug-likeness (QED) is 0.666. The number of ether oxygens (including phenoxy) is 1. The van der Waals surface area contributed by atoms with E-state index in [4.69, 9.17) is 5.73 Å². The summed E-state index contributed by atoms with van der Waals surface area (Å²) < 4.78 is 18.4. The minimum Gasteiger partial charge on any atom is -0.465 e. The molecule has 0 saturated heterocycles. The highest BCUT2D eigenvalue weighted by molar-refractivity contribution is 5.92. The molecule has 0 unspecified atom stereocenters. The molecule has 0 aliphatic rings. The number of aryl methyl sites for hydroxylation is 1. The maximum atomic E-state index is 13.8. The Morgan fingerprint density at radius 2 is 1.95 bits per heavy atom. The second kappa shape index (κ2) is 5.61. The van der Waals surface area contributed by atoms with Gasteiger partial charge in [0, 0.05) is 0 Å². The standard InChI is InChI=1S/C15H15FN2O2/c1-9-3-6-13(11(16)7-9)18-14-8-10(15(19)20-2)4-5-12(14)17/h3-8,18H,17H2,1-2H3. The van der Waals surface area contributed by atoms with Crippen LogP contribution in [0.25, 0.3) is 0 Å². The van der Waals surface area contributed by atoms with Crippen molar-refractivity contribution in [1.29, 1.82) is 0 Å². The molecule has 2 aromatic carbocycles. The molecule has 2 rings (SSSR count). The molecule has 0 heterocycles. The third-order valence-corrected chi connectivity index (χ3v) is 2.87. The Morgan fingerprint density at radius 1 is 1.20 bits per heavy atom. The number of nitrogens with two attached hydrogens (primary N) is 1. The number of nitrogens with one attached hydrogen (secondary N) is 1. The topological polar surface area (TPSA) is 64.3 Å². The van der Waals surface area contributed by atoms with Crippen molar-refractivity contribution >= 4 is 23.0 Å². The van der Waals surface area contributed by atoms with Crippen molar-refractivity contribution in [2.24, 2.45) is 0 Å². The van der Waals surface area contributed by atoms with E-state index in [1.54, 1.807) is 31.2 Å². The van der Waals surface area contributed by atoms with Crippen LogP contribution < -0.4 is 11.1 Å². The maximum absolute atomic E-state index is 13.8. The highest BCUT2D eigenvalue weighted by Crippen LogP contribution is 2.26. The number of halogens is 1. The van der Waals surface area contributed by atoms with E-state index in [1.165, 1.54) is 19.2 Å². The highest BCUT2D eigenvalue weighted by atomic mass is 19.1. The van der Waals surface area contributed by atoms with E-state index in [1.807, 2.05) is 0 Å². The zero-order valence-corrected chi connectivity index (χ0v) is 11.2. The van der Waals surface area contributed by atoms with Crippen LogP contribution in [0.2, 0.25) is 0 Å². The van der Waals surface area contributed by atoms with Crippen molar-refractivity contribution in [2.75, 3.05) is 18.2 Å². The summed E-state index contributed by atoms with van der Waals surface area (Å²) in [6, 6.07) is 9.47. The number of methoxy groups -OCH3 is 1. The van der Waals surface area contributed by atoms with Crippen molar-refractivity contribution in [3.8, 4) is 0 Å². The maximum Gasteiger partial charge on any atom is 0.337 e. The van der Waals surface area contributed by atoms with Gasteiger partial charge in [0.15, 0.2) is 0 Å². The fourth-order valence-corrected chi connectivity index (χ4v) is 1.78. The normalized spacial score (nSPS) is 10.2. The van der Waals surface area contributed by atoms with E-state index in [9.17, 15) is 9.18 Å². The molecule has 2 aromatic rings. The molecule has 5 heteroatoms. The Balaban J connectivity index is 2.35. The van der Waals surface area contributed by atoms with Crippen molar-refractivity contribution < 1.29 is 13.9 Å². The van der Waals surface area contributed by atoms with Gasteiger partial charge in [0.25, 0.3) is 0 Å². The summed E-state index contributed by atoms with van der Waals surface area (Å²) in [7, 11) is 1.30. The van der Waals surface area contributed by atoms with Gasteiger partial charge in [-0.05, 0) is 42.8 Å². The van der Waals surface area contributed by atoms with Gasteiger partial charge in [-0.3, -0.25) is 0 Å². The van der Waals surface area contributed by atoms with Crippen molar-refractivity contribution in [2.45, 2.75) is 6.92 Å². The number of esters is 1. The first kappa shape index (κ1) is 13.9. The second-order valence-corrected chi connectivity index (χ2v) is 4.40. The average molecular weight is 274 g/mol. The number of hydrogen-bond donors (Lipinski definition) is 2. The molecule has 0 saturated carbocycles. The Bertz CT molecular complexity index is 656. The number of nitrogen functional groups attached to an aromatic ring is 1. The first-order valence-corrected chi connectivity index (χ1v) is 6.02. The van der Waals surface area contributed by atoms with Crippen molar-refractivity contribution in [1.82, 2.24) is 0 Å². The van der Waals surface area contributed by atoms with Crippen LogP contribution in [0.15, 0.2) is 36.4 Å². The smallest absolute Gasteiger partial charge is 0.337 e. The van der Waals surface area contributed by atoms with Gasteiger partial charge in [-0.2, -0.15) is 0 Å². The molecule has 0 atom stereocenters. The molecule has 0 amide bonds. The lowest BCUT2D eigenvalue weighted by Crippen LogP contribution is -2.04. The molecule has 3 N–H and O–H groups in total. The van der Waals surface area contributed by atoms with Crippen LogP contribution in [0.4, 0.5) is 21.5 Å². The van der Waals surface area contributed by atoms with Gasteiger partial charge in [0.05, 0.1) is 29.7 Å². The first-order valence-electron chi connectivity index (χ1n) is 6.02. The summed E-state index contributed by atoms with van der Waals surface area (Å²) >= 11 is 0. The largest absolute Gasteiger partial charge is 0.465 e. The third-order valence-electron chi connectivity index (χ3n) is 2.87. The number of carbonyl (C=O) groups excluding carboxylic acids is 1. The van der Waals surface area contributed by atoms with E-state index >= 15 is 0 Å². The van der Waals surface area contributed by atoms with Crippen LogP contribution in [-0.4, -0.2) is 13.1 Å². The molecule has 0 bridgehead atoms. The number of hydrogen-bond acceptors (Lipinski definition) is 4. The van der Waals surface area contributed by atoms with Crippen LogP contribution in [0.3, 0.4) is 0 Å². The van der Waals surface area contributed by atoms with E-state index in [-0.39, 0.29) is 5.82 Å². The second-order valence-electron chi connectivity index (χ2n) is 4.40. The molecule has 0 fully saturated rings. The zero-order chi connectivity index (χ0) is 14.7. The molecular formula is C15H15FN2O2. The molecule has 4 nitrogen and oxygen atoms in total. The lowest BCUT2D eigenvalue weighted by Gasteiger charge is -2.12. The average Bonchev–Trinajstić information content (AvgIpc) is 2.43. The summed E-state index contributed by atoms with van der Waals surface area (Å²) in [4.78, 5) is 11.5. The molecule has 0 radical (unpaired) electrons. The minimum atomic E-state index is -0.475. The third kappa shape index (κ3) is 2.88. The number of rotatable bonds is 3. The van der Waals surface area contributed by atoms with Crippen molar-refractivity contribution in [3.63, 3.8) is 0 Å². The van der Waals surface area contributed by atoms with E-state index in [0.29, 0.717) is 22.6 Å². The van der Waals surface area contributed by atoms with Gasteiger partial charge in [-0.15, -0.1) is 0 Å². The predicted molar refractivity (Wildman–Crippen MR) is 76.6 cm³/mol. The SMILES string of the molecule is COC(=O)c1ccc(N)c(Nc2ccc(C)cc2F)c1. The monoisotopic (exact) mass is 274 g/mol. The van der Waals surface area contributed by atoms with Crippen LogP contribution in [-0.2, 0) is 4.74 Å². The van der Waals surface area contributed by atoms with Crippen LogP contribution >= 0.6 is 0 Å². The van der Waals surface area contributed by atoms with Gasteiger partial charge in [-0.1, -0.05) is 6.07 Å². The number of carbonyl (C=O) groups is 1. The molecule has 0 aromatic heterocycles. The van der Waals surface area contributed by atoms with E-state index in [2.05, 4.69) is 10.1 Å². The fourth-order valence-electron chi connectivity index (χ4n) is 1.78. The fraction of sp³-hybridized carbons (Fsp3) is 0.133. The summed E-state index contributed by atoms with van der Waals surface area (Å²) in [5.41, 5.74) is 8.15. The summed E-state index contributed by atoms with van der Waals surface area (Å²) in [5.74, 6) is -0.856. The minimum absolute atomic E-state index is 0.296. The number of anilines is 3. The Hall–Kier alpha value is -2.56. The van der Waals surface area contributed by atoms with Crippen LogP contribution in [0.5, 0.6) is 0 Å². The lowest BCUT2D eigenvalue weighted by molar-refractivity contribution is 0.0601. The molecule has 20 heavy (non-hydrogen) atoms. The molecule has 0 aliphatic carbocycles. The Morgan fingerprint density at radius 3 is 2.60 bits per heavy atom. The zero-order valence-electron chi connectivity index (χ0n) is 11.2. The first-order chi connectivity index (χ1) is 9.51. The lowest BCUT2D eigenvalue weighted by atomic mass is 10.1. The predicted octanol–water partition coefficient (Wildman–Crippen LogP) is 3.25. The van der Waals surface area contributed by atoms with E-state index < -0.39 is 5.97 Å². The van der Waals surface area contributed by atoms with E-state index in [0.717, 1.165) is 5.56 Å². The Kier molecular flexibility index (Phi) is 3.89. The molecular weight excluding hydrogens is 259 g/mol. The summed E-state index contributed by atoms with van der Waals surface area (Å²) in [6.07, 6.45) is 0. The molecule has 0 aliphatic heterocycles. The van der Waals surface area contributed by atoms with Gasteiger partial charge < -0.3 is 15.8 Å². The van der Waals surface area contributed by atoms with Gasteiger partial charge in [0.2, 0.25) is 0 Å². The summed E-state index contributed by atoms with van der Waals surface area (Å²) in [5, 5.41) is 2.88. The molecule has 104 valence electrons. The van der Waals surface area contributed by atoms with Crippen LogP contribution in [0.1, 0.15) is 15.9 Å². The molecule has 0 spiro atoms. The summed E-state index contributed by atoms with van der Waals surface area (Å²) in [6.45, 7) is 1.80. The highest BCUT2D eigenvalue weighted by Gasteiger charge is 2.10. The Labute approximate surface area is 116 Å². The van der Waals surface area contributed by atoms with Crippen LogP contribution in [0, 0.1) is 12.7 Å². The number of benzene rings is 2. The van der Waals surface area contributed by atoms with Gasteiger partial charge in [-0.25, -0.2) is 9.18 Å². The van der Waals surface area contributed by atoms with Gasteiger partial charge in [0.1, 0.15) is 5.82 Å². The van der Waals surface area contributed by atoms with Gasteiger partial charge >= 0.3 is 5.97 Å².